The number of aromatic nitrogens is 2. The number of nitrogens with zero attached hydrogens (tertiary/aromatic N) is 3. The van der Waals surface area contributed by atoms with Crippen LogP contribution < -0.4 is 4.90 Å². The largest absolute Gasteiger partial charge is 0.347 e. The first-order valence-corrected chi connectivity index (χ1v) is 6.54. The average Bonchev–Trinajstić information content (AvgIpc) is 2.79. The van der Waals surface area contributed by atoms with Gasteiger partial charge in [-0.3, -0.25) is 4.98 Å². The first kappa shape index (κ1) is 12.0. The van der Waals surface area contributed by atoms with Crippen LogP contribution in [0.3, 0.4) is 0 Å². The number of pyridine rings is 1. The van der Waals surface area contributed by atoms with E-state index in [1.54, 1.807) is 17.5 Å². The Morgan fingerprint density at radius 3 is 2.76 bits per heavy atom. The molecule has 0 saturated carbocycles. The van der Waals surface area contributed by atoms with Crippen molar-refractivity contribution in [2.75, 3.05) is 11.9 Å². The van der Waals surface area contributed by atoms with Crippen LogP contribution in [0.5, 0.6) is 0 Å². The first-order chi connectivity index (χ1) is 8.16. The Bertz CT molecular complexity index is 465. The summed E-state index contributed by atoms with van der Waals surface area (Å²) in [5.41, 5.74) is 1.20. The zero-order chi connectivity index (χ0) is 12.3. The molecule has 0 N–H and O–H groups in total. The van der Waals surface area contributed by atoms with Crippen LogP contribution in [0, 0.1) is 0 Å². The Morgan fingerprint density at radius 1 is 1.35 bits per heavy atom. The maximum Gasteiger partial charge on any atom is 0.185 e. The highest BCUT2D eigenvalue weighted by atomic mass is 32.1. The van der Waals surface area contributed by atoms with Crippen molar-refractivity contribution in [1.29, 1.82) is 0 Å². The van der Waals surface area contributed by atoms with Crippen molar-refractivity contribution in [2.24, 2.45) is 0 Å². The Balaban J connectivity index is 2.07. The smallest absolute Gasteiger partial charge is 0.185 e. The molecule has 4 heteroatoms. The molecular formula is C13H17N3S. The van der Waals surface area contributed by atoms with Crippen molar-refractivity contribution in [2.45, 2.75) is 26.3 Å². The molecule has 0 spiro atoms. The Morgan fingerprint density at radius 2 is 2.18 bits per heavy atom. The second-order valence-electron chi connectivity index (χ2n) is 4.42. The second kappa shape index (κ2) is 5.27. The van der Waals surface area contributed by atoms with Crippen LogP contribution in [-0.2, 0) is 6.54 Å². The van der Waals surface area contributed by atoms with E-state index in [9.17, 15) is 0 Å². The Kier molecular flexibility index (Phi) is 3.74. The Hall–Kier alpha value is -1.42. The lowest BCUT2D eigenvalue weighted by atomic mass is 10.2. The van der Waals surface area contributed by atoms with E-state index in [1.165, 1.54) is 10.4 Å². The SMILES string of the molecule is CC(C)c1cnc(N(C)Cc2cccnc2)s1. The van der Waals surface area contributed by atoms with Crippen molar-refractivity contribution in [3.8, 4) is 0 Å². The number of hydrogen-bond acceptors (Lipinski definition) is 4. The lowest BCUT2D eigenvalue weighted by Gasteiger charge is -2.15. The van der Waals surface area contributed by atoms with Crippen molar-refractivity contribution >= 4 is 16.5 Å². The van der Waals surface area contributed by atoms with Crippen molar-refractivity contribution in [1.82, 2.24) is 9.97 Å². The maximum atomic E-state index is 4.46. The van der Waals surface area contributed by atoms with Gasteiger partial charge in [-0.1, -0.05) is 19.9 Å². The molecule has 0 amide bonds. The number of anilines is 1. The maximum absolute atomic E-state index is 4.46. The van der Waals surface area contributed by atoms with E-state index in [4.69, 9.17) is 0 Å². The second-order valence-corrected chi connectivity index (χ2v) is 5.46. The van der Waals surface area contributed by atoms with Gasteiger partial charge in [0.05, 0.1) is 0 Å². The summed E-state index contributed by atoms with van der Waals surface area (Å²) in [5, 5.41) is 1.07. The molecule has 0 fully saturated rings. The summed E-state index contributed by atoms with van der Waals surface area (Å²) in [6, 6.07) is 4.05. The summed E-state index contributed by atoms with van der Waals surface area (Å²) >= 11 is 1.76. The molecule has 2 heterocycles. The fraction of sp³-hybridized carbons (Fsp3) is 0.385. The van der Waals surface area contributed by atoms with Crippen LogP contribution in [0.1, 0.15) is 30.2 Å². The van der Waals surface area contributed by atoms with Gasteiger partial charge in [-0.25, -0.2) is 4.98 Å². The highest BCUT2D eigenvalue weighted by molar-refractivity contribution is 7.15. The number of hydrogen-bond donors (Lipinski definition) is 0. The van der Waals surface area contributed by atoms with Crippen LogP contribution in [-0.4, -0.2) is 17.0 Å². The van der Waals surface area contributed by atoms with Crippen LogP contribution in [0.2, 0.25) is 0 Å². The van der Waals surface area contributed by atoms with E-state index in [1.807, 2.05) is 18.5 Å². The molecule has 0 aromatic carbocycles. The van der Waals surface area contributed by atoms with E-state index in [0.29, 0.717) is 5.92 Å². The zero-order valence-electron chi connectivity index (χ0n) is 10.4. The van der Waals surface area contributed by atoms with Gasteiger partial charge < -0.3 is 4.90 Å². The minimum atomic E-state index is 0.549. The summed E-state index contributed by atoms with van der Waals surface area (Å²) in [6.45, 7) is 5.23. The highest BCUT2D eigenvalue weighted by Gasteiger charge is 2.09. The third-order valence-electron chi connectivity index (χ3n) is 2.55. The molecule has 0 unspecified atom stereocenters. The first-order valence-electron chi connectivity index (χ1n) is 5.72. The normalized spacial score (nSPS) is 10.8. The van der Waals surface area contributed by atoms with Crippen molar-refractivity contribution in [3.63, 3.8) is 0 Å². The summed E-state index contributed by atoms with van der Waals surface area (Å²) in [4.78, 5) is 12.1. The molecule has 2 aromatic heterocycles. The lowest BCUT2D eigenvalue weighted by molar-refractivity contribution is 0.883. The van der Waals surface area contributed by atoms with E-state index in [2.05, 4.69) is 41.8 Å². The summed E-state index contributed by atoms with van der Waals surface area (Å²) in [7, 11) is 2.07. The van der Waals surface area contributed by atoms with Gasteiger partial charge in [0.15, 0.2) is 5.13 Å². The molecule has 90 valence electrons. The molecule has 0 aliphatic rings. The van der Waals surface area contributed by atoms with Crippen molar-refractivity contribution < 1.29 is 0 Å². The molecule has 0 bridgehead atoms. The predicted molar refractivity (Wildman–Crippen MR) is 72.5 cm³/mol. The van der Waals surface area contributed by atoms with Gasteiger partial charge in [-0.2, -0.15) is 0 Å². The lowest BCUT2D eigenvalue weighted by Crippen LogP contribution is -2.15. The van der Waals surface area contributed by atoms with Gasteiger partial charge in [-0.15, -0.1) is 11.3 Å². The molecular weight excluding hydrogens is 230 g/mol. The highest BCUT2D eigenvalue weighted by Crippen LogP contribution is 2.27. The molecule has 3 nitrogen and oxygen atoms in total. The fourth-order valence-electron chi connectivity index (χ4n) is 1.55. The van der Waals surface area contributed by atoms with E-state index < -0.39 is 0 Å². The van der Waals surface area contributed by atoms with Gasteiger partial charge in [0.25, 0.3) is 0 Å². The molecule has 0 aliphatic heterocycles. The molecule has 0 aliphatic carbocycles. The average molecular weight is 247 g/mol. The van der Waals surface area contributed by atoms with E-state index in [0.717, 1.165) is 11.7 Å². The molecule has 0 atom stereocenters. The Labute approximate surface area is 106 Å². The molecule has 2 aromatic rings. The third kappa shape index (κ3) is 3.03. The zero-order valence-corrected chi connectivity index (χ0v) is 11.2. The van der Waals surface area contributed by atoms with Crippen molar-refractivity contribution in [3.05, 3.63) is 41.2 Å². The topological polar surface area (TPSA) is 29.0 Å². The summed E-state index contributed by atoms with van der Waals surface area (Å²) in [5.74, 6) is 0.549. The van der Waals surface area contributed by atoms with Crippen LogP contribution >= 0.6 is 11.3 Å². The fourth-order valence-corrected chi connectivity index (χ4v) is 2.43. The van der Waals surface area contributed by atoms with Gasteiger partial charge >= 0.3 is 0 Å². The molecule has 2 rings (SSSR count). The van der Waals surface area contributed by atoms with Gasteiger partial charge in [0, 0.05) is 37.1 Å². The third-order valence-corrected chi connectivity index (χ3v) is 3.96. The van der Waals surface area contributed by atoms with Crippen LogP contribution in [0.4, 0.5) is 5.13 Å². The number of thiazole rings is 1. The monoisotopic (exact) mass is 247 g/mol. The summed E-state index contributed by atoms with van der Waals surface area (Å²) < 4.78 is 0. The van der Waals surface area contributed by atoms with E-state index >= 15 is 0 Å². The quantitative estimate of drug-likeness (QED) is 0.830. The molecule has 0 saturated heterocycles. The van der Waals surface area contributed by atoms with Crippen LogP contribution in [0.15, 0.2) is 30.7 Å². The summed E-state index contributed by atoms with van der Waals surface area (Å²) in [6.07, 6.45) is 5.67. The van der Waals surface area contributed by atoms with Crippen LogP contribution in [0.25, 0.3) is 0 Å². The minimum Gasteiger partial charge on any atom is -0.347 e. The van der Waals surface area contributed by atoms with E-state index in [-0.39, 0.29) is 0 Å². The van der Waals surface area contributed by atoms with Gasteiger partial charge in [0.1, 0.15) is 0 Å². The van der Waals surface area contributed by atoms with Gasteiger partial charge in [0.2, 0.25) is 0 Å². The molecule has 0 radical (unpaired) electrons. The number of rotatable bonds is 4. The molecule has 17 heavy (non-hydrogen) atoms. The van der Waals surface area contributed by atoms with Gasteiger partial charge in [-0.05, 0) is 17.5 Å². The predicted octanol–water partition coefficient (Wildman–Crippen LogP) is 3.30. The minimum absolute atomic E-state index is 0.549. The standard InChI is InChI=1S/C13H17N3S/c1-10(2)12-8-15-13(17-12)16(3)9-11-5-4-6-14-7-11/h4-8,10H,9H2,1-3H3.